The predicted octanol–water partition coefficient (Wildman–Crippen LogP) is -2.03. The Morgan fingerprint density at radius 3 is 3.25 bits per heavy atom. The highest BCUT2D eigenvalue weighted by Gasteiger charge is 2.50. The topological polar surface area (TPSA) is 68.4 Å². The third-order valence-corrected chi connectivity index (χ3v) is 3.61. The number of nitrogens with zero attached hydrogens (tertiary/aromatic N) is 1. The number of hydrogen-bond acceptors (Lipinski definition) is 5. The van der Waals surface area contributed by atoms with Crippen LogP contribution >= 0.6 is 0 Å². The molecule has 4 atom stereocenters. The number of carbonyl (C=O) groups excluding carboxylic acids is 1. The molecule has 4 rings (SSSR count). The van der Waals surface area contributed by atoms with E-state index in [2.05, 4.69) is 44.4 Å². The van der Waals surface area contributed by atoms with Gasteiger partial charge in [-0.2, -0.15) is 0 Å². The van der Waals surface area contributed by atoms with Crippen LogP contribution in [0.5, 0.6) is 0 Å². The van der Waals surface area contributed by atoms with Crippen LogP contribution in [0.15, 0.2) is 23.9 Å². The Kier molecular flexibility index (Phi) is 1.56. The first-order chi connectivity index (χ1) is 7.84. The molecule has 0 saturated carbocycles. The molecule has 1 amide bonds. The van der Waals surface area contributed by atoms with E-state index in [0.717, 1.165) is 0 Å². The maximum Gasteiger partial charge on any atom is 0.243 e. The van der Waals surface area contributed by atoms with E-state index < -0.39 is 0 Å². The first kappa shape index (κ1) is 8.74. The first-order valence-corrected chi connectivity index (χ1v) is 5.54. The molecule has 3 heterocycles. The highest BCUT2D eigenvalue weighted by atomic mass is 16.2. The van der Waals surface area contributed by atoms with Crippen LogP contribution in [0, 0.1) is 0 Å². The van der Waals surface area contributed by atoms with Crippen molar-refractivity contribution in [1.29, 1.82) is 0 Å². The maximum absolute atomic E-state index is 11.8. The summed E-state index contributed by atoms with van der Waals surface area (Å²) in [6.07, 6.45) is 6.24. The van der Waals surface area contributed by atoms with Crippen molar-refractivity contribution in [3.05, 3.63) is 23.9 Å². The molecule has 84 valence electrons. The molecular weight excluding hydrogens is 206 g/mol. The second-order valence-corrected chi connectivity index (χ2v) is 4.45. The molecule has 6 heteroatoms. The lowest BCUT2D eigenvalue weighted by Crippen LogP contribution is -2.68. The Hall–Kier alpha value is -1.37. The minimum Gasteiger partial charge on any atom is -0.323 e. The van der Waals surface area contributed by atoms with Gasteiger partial charge in [0, 0.05) is 12.4 Å². The quantitative estimate of drug-likeness (QED) is 0.378. The molecule has 4 aliphatic rings. The number of hydrogen-bond donors (Lipinski definition) is 4. The summed E-state index contributed by atoms with van der Waals surface area (Å²) in [5, 5.41) is 12.8. The van der Waals surface area contributed by atoms with Crippen molar-refractivity contribution in [2.75, 3.05) is 6.67 Å². The van der Waals surface area contributed by atoms with Crippen LogP contribution in [0.25, 0.3) is 0 Å². The van der Waals surface area contributed by atoms with Gasteiger partial charge in [-0.3, -0.25) is 20.7 Å². The van der Waals surface area contributed by atoms with Gasteiger partial charge in [-0.25, -0.2) is 0 Å². The molecule has 4 N–H and O–H groups in total. The van der Waals surface area contributed by atoms with Crippen LogP contribution in [0.1, 0.15) is 0 Å². The van der Waals surface area contributed by atoms with Crippen molar-refractivity contribution in [3.63, 3.8) is 0 Å². The van der Waals surface area contributed by atoms with E-state index in [0.29, 0.717) is 6.67 Å². The number of fused-ring (bicyclic) bond motifs is 5. The number of nitrogens with one attached hydrogen (secondary N) is 4. The fourth-order valence-electron chi connectivity index (χ4n) is 2.91. The van der Waals surface area contributed by atoms with Crippen molar-refractivity contribution in [1.82, 2.24) is 26.2 Å². The Balaban J connectivity index is 1.73. The maximum atomic E-state index is 11.8. The number of allylic oxidation sites excluding steroid dienone is 2. The van der Waals surface area contributed by atoms with Gasteiger partial charge in [0.2, 0.25) is 5.91 Å². The van der Waals surface area contributed by atoms with Gasteiger partial charge >= 0.3 is 0 Å². The van der Waals surface area contributed by atoms with Crippen LogP contribution in [0.4, 0.5) is 0 Å². The summed E-state index contributed by atoms with van der Waals surface area (Å²) in [5.74, 6) is 0.0632. The van der Waals surface area contributed by atoms with Crippen LogP contribution in [0.2, 0.25) is 0 Å². The fraction of sp³-hybridized carbons (Fsp3) is 0.500. The molecule has 6 nitrogen and oxygen atoms in total. The fourth-order valence-corrected chi connectivity index (χ4v) is 2.91. The van der Waals surface area contributed by atoms with E-state index in [-0.39, 0.29) is 30.4 Å². The molecule has 1 aliphatic carbocycles. The zero-order chi connectivity index (χ0) is 10.7. The summed E-state index contributed by atoms with van der Waals surface area (Å²) < 4.78 is 0. The zero-order valence-electron chi connectivity index (χ0n) is 8.60. The minimum atomic E-state index is -0.154. The highest BCUT2D eigenvalue weighted by molar-refractivity contribution is 5.84. The lowest BCUT2D eigenvalue weighted by atomic mass is 10.1. The molecule has 0 bridgehead atoms. The van der Waals surface area contributed by atoms with Gasteiger partial charge < -0.3 is 10.2 Å². The first-order valence-electron chi connectivity index (χ1n) is 5.54. The van der Waals surface area contributed by atoms with E-state index in [1.165, 1.54) is 5.70 Å². The van der Waals surface area contributed by atoms with Gasteiger partial charge in [0.25, 0.3) is 0 Å². The summed E-state index contributed by atoms with van der Waals surface area (Å²) in [6, 6.07) is 0.0877. The molecule has 3 fully saturated rings. The molecule has 4 unspecified atom stereocenters. The van der Waals surface area contributed by atoms with E-state index in [1.807, 2.05) is 0 Å². The summed E-state index contributed by atoms with van der Waals surface area (Å²) in [5.41, 5.74) is 1.23. The summed E-state index contributed by atoms with van der Waals surface area (Å²) in [6.45, 7) is 0.678. The molecule has 0 aromatic heterocycles. The molecule has 3 saturated heterocycles. The van der Waals surface area contributed by atoms with E-state index >= 15 is 0 Å². The van der Waals surface area contributed by atoms with E-state index in [1.54, 1.807) is 0 Å². The molecule has 0 aromatic carbocycles. The van der Waals surface area contributed by atoms with Crippen LogP contribution in [-0.4, -0.2) is 42.0 Å². The van der Waals surface area contributed by atoms with Gasteiger partial charge in [-0.15, -0.1) is 0 Å². The molecule has 0 aromatic rings. The molecule has 3 aliphatic heterocycles. The van der Waals surface area contributed by atoms with E-state index in [9.17, 15) is 4.79 Å². The summed E-state index contributed by atoms with van der Waals surface area (Å²) in [7, 11) is 0. The van der Waals surface area contributed by atoms with Crippen molar-refractivity contribution in [2.45, 2.75) is 24.5 Å². The third-order valence-electron chi connectivity index (χ3n) is 3.61. The van der Waals surface area contributed by atoms with Crippen molar-refractivity contribution in [3.8, 4) is 0 Å². The molecule has 16 heavy (non-hydrogen) atoms. The Labute approximate surface area is 92.7 Å². The van der Waals surface area contributed by atoms with Crippen molar-refractivity contribution >= 4 is 5.91 Å². The Morgan fingerprint density at radius 1 is 1.38 bits per heavy atom. The molecule has 0 spiro atoms. The average Bonchev–Trinajstić information content (AvgIpc) is 2.87. The lowest BCUT2D eigenvalue weighted by molar-refractivity contribution is -0.130. The Morgan fingerprint density at radius 2 is 2.31 bits per heavy atom. The second-order valence-electron chi connectivity index (χ2n) is 4.45. The van der Waals surface area contributed by atoms with Gasteiger partial charge in [0.1, 0.15) is 12.2 Å². The number of carbonyl (C=O) groups is 1. The Bertz CT molecular complexity index is 417. The predicted molar refractivity (Wildman–Crippen MR) is 56.6 cm³/mol. The highest BCUT2D eigenvalue weighted by Crippen LogP contribution is 2.30. The smallest absolute Gasteiger partial charge is 0.243 e. The summed E-state index contributed by atoms with van der Waals surface area (Å²) >= 11 is 0. The van der Waals surface area contributed by atoms with Gasteiger partial charge in [-0.1, -0.05) is 12.2 Å². The van der Waals surface area contributed by atoms with Gasteiger partial charge in [0.15, 0.2) is 6.29 Å². The van der Waals surface area contributed by atoms with Crippen LogP contribution < -0.4 is 21.3 Å². The minimum absolute atomic E-state index is 0.0578. The zero-order valence-corrected chi connectivity index (χ0v) is 8.60. The summed E-state index contributed by atoms with van der Waals surface area (Å²) in [4.78, 5) is 14.0. The molecule has 0 radical (unpaired) electrons. The largest absolute Gasteiger partial charge is 0.323 e. The van der Waals surface area contributed by atoms with Crippen molar-refractivity contribution < 1.29 is 4.79 Å². The van der Waals surface area contributed by atoms with Gasteiger partial charge in [0.05, 0.1) is 6.04 Å². The average molecular weight is 219 g/mol. The second kappa shape index (κ2) is 2.85. The standard InChI is InChI=1S/C10H13N5O/c16-9-7-8(12-4-11-7)15-6-3-1-2-5(6)13-10(15)14-9/h1-3,5,7-8,10-13H,4H2,(H,14,16). The van der Waals surface area contributed by atoms with Gasteiger partial charge in [-0.05, 0) is 6.08 Å². The molecular formula is C10H13N5O. The number of rotatable bonds is 0. The van der Waals surface area contributed by atoms with E-state index in [4.69, 9.17) is 0 Å². The lowest BCUT2D eigenvalue weighted by Gasteiger charge is -2.40. The SMILES string of the molecule is O=C1NC2NC3C=CC=C3N2C2NCNC12. The normalized spacial score (nSPS) is 43.9. The van der Waals surface area contributed by atoms with Crippen molar-refractivity contribution in [2.24, 2.45) is 0 Å². The monoisotopic (exact) mass is 219 g/mol. The third kappa shape index (κ3) is 0.940. The van der Waals surface area contributed by atoms with Crippen LogP contribution in [-0.2, 0) is 4.79 Å². The number of amides is 1. The van der Waals surface area contributed by atoms with Crippen LogP contribution in [0.3, 0.4) is 0 Å².